The van der Waals surface area contributed by atoms with Crippen LogP contribution in [0.25, 0.3) is 17.4 Å². The zero-order valence-corrected chi connectivity index (χ0v) is 17.7. The van der Waals surface area contributed by atoms with Gasteiger partial charge in [0.1, 0.15) is 12.7 Å². The zero-order chi connectivity index (χ0) is 21.8. The van der Waals surface area contributed by atoms with Gasteiger partial charge in [-0.05, 0) is 16.7 Å². The Labute approximate surface area is 186 Å². The van der Waals surface area contributed by atoms with Gasteiger partial charge in [0, 0.05) is 18.0 Å². The van der Waals surface area contributed by atoms with Crippen molar-refractivity contribution in [2.24, 2.45) is 11.8 Å². The van der Waals surface area contributed by atoms with E-state index in [1.807, 2.05) is 41.0 Å². The summed E-state index contributed by atoms with van der Waals surface area (Å²) in [7, 11) is 0. The van der Waals surface area contributed by atoms with Crippen molar-refractivity contribution in [3.05, 3.63) is 90.0 Å². The number of rotatable bonds is 9. The van der Waals surface area contributed by atoms with E-state index in [1.54, 1.807) is 6.33 Å². The Balaban J connectivity index is 1.28. The van der Waals surface area contributed by atoms with Crippen molar-refractivity contribution in [3.8, 4) is 0 Å². The van der Waals surface area contributed by atoms with Crippen LogP contribution in [0.2, 0.25) is 0 Å². The third-order valence-electron chi connectivity index (χ3n) is 5.73. The van der Waals surface area contributed by atoms with Crippen molar-refractivity contribution < 1.29 is 9.47 Å². The third-order valence-corrected chi connectivity index (χ3v) is 5.73. The van der Waals surface area contributed by atoms with Gasteiger partial charge in [-0.2, -0.15) is 0 Å². The first-order valence-electron chi connectivity index (χ1n) is 10.7. The van der Waals surface area contributed by atoms with Crippen LogP contribution in [-0.2, 0) is 22.7 Å². The Kier molecular flexibility index (Phi) is 5.91. The quantitative estimate of drug-likeness (QED) is 0.435. The van der Waals surface area contributed by atoms with Crippen LogP contribution < -0.4 is 5.73 Å². The van der Waals surface area contributed by atoms with Gasteiger partial charge in [0.2, 0.25) is 0 Å². The second kappa shape index (κ2) is 9.30. The Bertz CT molecular complexity index is 1150. The molecule has 32 heavy (non-hydrogen) atoms. The lowest BCUT2D eigenvalue weighted by molar-refractivity contribution is 0.0840. The van der Waals surface area contributed by atoms with Crippen molar-refractivity contribution in [3.63, 3.8) is 0 Å². The number of imidazole rings is 1. The fourth-order valence-electron chi connectivity index (χ4n) is 3.90. The summed E-state index contributed by atoms with van der Waals surface area (Å²) in [5.74, 6) is 0.977. The smallest absolute Gasteiger partial charge is 0.169 e. The number of anilines is 1. The number of ether oxygens (including phenoxy) is 2. The molecule has 2 atom stereocenters. The van der Waals surface area contributed by atoms with E-state index in [1.165, 1.54) is 23.0 Å². The summed E-state index contributed by atoms with van der Waals surface area (Å²) in [4.78, 5) is 12.7. The van der Waals surface area contributed by atoms with E-state index in [4.69, 9.17) is 15.2 Å². The average molecular weight is 428 g/mol. The van der Waals surface area contributed by atoms with Gasteiger partial charge in [0.15, 0.2) is 17.0 Å². The summed E-state index contributed by atoms with van der Waals surface area (Å²) in [5, 5.41) is 0. The van der Waals surface area contributed by atoms with E-state index in [0.29, 0.717) is 55.2 Å². The van der Waals surface area contributed by atoms with Crippen molar-refractivity contribution in [2.45, 2.75) is 13.2 Å². The molecule has 1 aliphatic carbocycles. The first kappa shape index (κ1) is 20.4. The SMILES string of the molecule is Nc1ncnc2c1ncn2C=C1[C@@H](COCc2ccccc2)[C@@H]1COCc1ccccc1. The summed E-state index contributed by atoms with van der Waals surface area (Å²) in [5.41, 5.74) is 10.8. The van der Waals surface area contributed by atoms with Gasteiger partial charge in [-0.3, -0.25) is 4.57 Å². The van der Waals surface area contributed by atoms with E-state index >= 15 is 0 Å². The monoisotopic (exact) mass is 427 g/mol. The van der Waals surface area contributed by atoms with Crippen molar-refractivity contribution >= 4 is 23.2 Å². The second-order valence-electron chi connectivity index (χ2n) is 7.93. The number of aromatic nitrogens is 4. The largest absolute Gasteiger partial charge is 0.382 e. The Morgan fingerprint density at radius 2 is 1.41 bits per heavy atom. The highest BCUT2D eigenvalue weighted by Crippen LogP contribution is 2.47. The van der Waals surface area contributed by atoms with Gasteiger partial charge >= 0.3 is 0 Å². The number of nitrogens with two attached hydrogens (primary N) is 1. The maximum atomic E-state index is 6.03. The second-order valence-corrected chi connectivity index (χ2v) is 7.93. The molecular formula is C25H25N5O2. The minimum Gasteiger partial charge on any atom is -0.382 e. The lowest BCUT2D eigenvalue weighted by Gasteiger charge is -2.05. The fourth-order valence-corrected chi connectivity index (χ4v) is 3.90. The van der Waals surface area contributed by atoms with Crippen LogP contribution in [0.1, 0.15) is 11.1 Å². The normalized spacial score (nSPS) is 17.6. The number of fused-ring (bicyclic) bond motifs is 1. The van der Waals surface area contributed by atoms with Crippen molar-refractivity contribution in [1.82, 2.24) is 19.5 Å². The van der Waals surface area contributed by atoms with Gasteiger partial charge < -0.3 is 15.2 Å². The van der Waals surface area contributed by atoms with E-state index in [0.717, 1.165) is 0 Å². The van der Waals surface area contributed by atoms with E-state index in [2.05, 4.69) is 45.4 Å². The first-order valence-corrected chi connectivity index (χ1v) is 10.7. The molecule has 0 radical (unpaired) electrons. The summed E-state index contributed by atoms with van der Waals surface area (Å²) < 4.78 is 14.0. The Hall–Kier alpha value is -3.55. The number of nitrogen functional groups attached to an aromatic ring is 1. The Morgan fingerprint density at radius 3 is 2.00 bits per heavy atom. The van der Waals surface area contributed by atoms with Gasteiger partial charge in [-0.1, -0.05) is 60.7 Å². The van der Waals surface area contributed by atoms with Gasteiger partial charge in [0.05, 0.1) is 26.4 Å². The van der Waals surface area contributed by atoms with Crippen molar-refractivity contribution in [2.75, 3.05) is 18.9 Å². The molecule has 0 aliphatic heterocycles. The summed E-state index contributed by atoms with van der Waals surface area (Å²) in [6, 6.07) is 20.4. The van der Waals surface area contributed by atoms with Crippen LogP contribution in [0.3, 0.4) is 0 Å². The molecule has 7 heteroatoms. The highest BCUT2D eigenvalue weighted by atomic mass is 16.5. The predicted molar refractivity (Wildman–Crippen MR) is 123 cm³/mol. The molecule has 162 valence electrons. The third kappa shape index (κ3) is 4.54. The molecule has 2 heterocycles. The first-order chi connectivity index (χ1) is 15.8. The molecule has 2 N–H and O–H groups in total. The molecule has 2 aromatic carbocycles. The zero-order valence-electron chi connectivity index (χ0n) is 17.7. The summed E-state index contributed by atoms with van der Waals surface area (Å²) in [6.45, 7) is 2.48. The maximum absolute atomic E-state index is 6.03. The molecule has 0 bridgehead atoms. The number of benzene rings is 2. The lowest BCUT2D eigenvalue weighted by atomic mass is 10.2. The summed E-state index contributed by atoms with van der Waals surface area (Å²) >= 11 is 0. The standard InChI is InChI=1S/C25H25N5O2/c26-24-23-25(28-16-27-24)30(17-29-23)11-20-21(14-31-12-18-7-3-1-4-8-18)22(20)15-32-13-19-9-5-2-6-10-19/h1-11,16-17,21-22H,12-15H2,(H2,26,27,28)/t21-,22-/m1/s1. The van der Waals surface area contributed by atoms with Crippen molar-refractivity contribution in [1.29, 1.82) is 0 Å². The fraction of sp³-hybridized carbons (Fsp3) is 0.240. The van der Waals surface area contributed by atoms with Crippen LogP contribution in [0.5, 0.6) is 0 Å². The molecule has 0 unspecified atom stereocenters. The maximum Gasteiger partial charge on any atom is 0.169 e. The lowest BCUT2D eigenvalue weighted by Crippen LogP contribution is -2.03. The van der Waals surface area contributed by atoms with Crippen LogP contribution in [0, 0.1) is 11.8 Å². The molecule has 7 nitrogen and oxygen atoms in total. The van der Waals surface area contributed by atoms with Crippen LogP contribution in [-0.4, -0.2) is 32.7 Å². The molecular weight excluding hydrogens is 402 g/mol. The van der Waals surface area contributed by atoms with E-state index in [9.17, 15) is 0 Å². The highest BCUT2D eigenvalue weighted by molar-refractivity contribution is 5.82. The van der Waals surface area contributed by atoms with Gasteiger partial charge in [-0.25, -0.2) is 15.0 Å². The molecule has 1 fully saturated rings. The van der Waals surface area contributed by atoms with Gasteiger partial charge in [0.25, 0.3) is 0 Å². The highest BCUT2D eigenvalue weighted by Gasteiger charge is 2.44. The van der Waals surface area contributed by atoms with Crippen LogP contribution in [0.15, 0.2) is 78.9 Å². The van der Waals surface area contributed by atoms with Crippen LogP contribution in [0.4, 0.5) is 5.82 Å². The molecule has 0 spiro atoms. The van der Waals surface area contributed by atoms with E-state index < -0.39 is 0 Å². The summed E-state index contributed by atoms with van der Waals surface area (Å²) in [6.07, 6.45) is 5.27. The Morgan fingerprint density at radius 1 is 0.812 bits per heavy atom. The molecule has 0 saturated heterocycles. The van der Waals surface area contributed by atoms with Crippen LogP contribution >= 0.6 is 0 Å². The minimum atomic E-state index is 0.297. The molecule has 5 rings (SSSR count). The topological polar surface area (TPSA) is 88.1 Å². The number of hydrogen-bond acceptors (Lipinski definition) is 6. The predicted octanol–water partition coefficient (Wildman–Crippen LogP) is 3.93. The molecule has 4 aromatic rings. The van der Waals surface area contributed by atoms with E-state index in [-0.39, 0.29) is 0 Å². The average Bonchev–Trinajstić information content (AvgIpc) is 3.28. The number of nitrogens with zero attached hydrogens (tertiary/aromatic N) is 4. The molecule has 1 saturated carbocycles. The minimum absolute atomic E-state index is 0.297. The number of hydrogen-bond donors (Lipinski definition) is 1. The van der Waals surface area contributed by atoms with Gasteiger partial charge in [-0.15, -0.1) is 0 Å². The molecule has 0 amide bonds. The molecule has 2 aromatic heterocycles. The molecule has 1 aliphatic rings.